The zero-order valence-electron chi connectivity index (χ0n) is 10.9. The van der Waals surface area contributed by atoms with Crippen LogP contribution >= 0.6 is 11.5 Å². The van der Waals surface area contributed by atoms with Crippen LogP contribution in [0.25, 0.3) is 0 Å². The van der Waals surface area contributed by atoms with Gasteiger partial charge < -0.3 is 16.0 Å². The van der Waals surface area contributed by atoms with Gasteiger partial charge in [0.1, 0.15) is 10.8 Å². The first-order valence-electron chi connectivity index (χ1n) is 6.28. The van der Waals surface area contributed by atoms with E-state index in [2.05, 4.69) is 35.5 Å². The monoisotopic (exact) mass is 254 g/mol. The van der Waals surface area contributed by atoms with Crippen LogP contribution in [0.5, 0.6) is 0 Å². The Morgan fingerprint density at radius 3 is 2.82 bits per heavy atom. The topological polar surface area (TPSA) is 54.2 Å². The summed E-state index contributed by atoms with van der Waals surface area (Å²) >= 11 is 1.50. The summed E-state index contributed by atoms with van der Waals surface area (Å²) in [7, 11) is 2.15. The zero-order chi connectivity index (χ0) is 12.4. The molecule has 1 aromatic rings. The Labute approximate surface area is 107 Å². The van der Waals surface area contributed by atoms with E-state index >= 15 is 0 Å². The molecule has 1 fully saturated rings. The molecule has 0 bridgehead atoms. The number of aromatic nitrogens is 1. The fourth-order valence-electron chi connectivity index (χ4n) is 1.81. The molecule has 0 atom stereocenters. The highest BCUT2D eigenvalue weighted by Gasteiger charge is 2.30. The van der Waals surface area contributed by atoms with Crippen LogP contribution in [0.2, 0.25) is 0 Å². The molecule has 0 saturated heterocycles. The van der Waals surface area contributed by atoms with Crippen molar-refractivity contribution in [2.75, 3.05) is 31.2 Å². The number of rotatable bonds is 6. The van der Waals surface area contributed by atoms with E-state index in [1.54, 1.807) is 0 Å². The quantitative estimate of drug-likeness (QED) is 0.818. The molecule has 0 spiro atoms. The summed E-state index contributed by atoms with van der Waals surface area (Å²) in [5, 5.41) is 4.66. The van der Waals surface area contributed by atoms with Crippen LogP contribution in [-0.4, -0.2) is 35.5 Å². The lowest BCUT2D eigenvalue weighted by atomic mass is 10.2. The van der Waals surface area contributed by atoms with Gasteiger partial charge in [0.2, 0.25) is 0 Å². The van der Waals surface area contributed by atoms with Crippen LogP contribution < -0.4 is 11.1 Å². The molecule has 0 aliphatic heterocycles. The first-order chi connectivity index (χ1) is 8.09. The Morgan fingerprint density at radius 1 is 1.53 bits per heavy atom. The van der Waals surface area contributed by atoms with E-state index < -0.39 is 0 Å². The van der Waals surface area contributed by atoms with Gasteiger partial charge in [-0.25, -0.2) is 0 Å². The second-order valence-corrected chi connectivity index (χ2v) is 5.86. The molecule has 1 aromatic heterocycles. The van der Waals surface area contributed by atoms with Crippen molar-refractivity contribution in [3.63, 3.8) is 0 Å². The Morgan fingerprint density at radius 2 is 2.24 bits per heavy atom. The van der Waals surface area contributed by atoms with E-state index in [1.165, 1.54) is 34.9 Å². The predicted octanol–water partition coefficient (Wildman–Crippen LogP) is 2.35. The first kappa shape index (κ1) is 12.6. The standard InChI is InChI=1S/C12H22N4S/c1-8(2)16(3)7-6-14-12-10(9-4-5-9)11(13)15-17-12/h8-9,14H,4-7H2,1-3H3,(H2,13,15). The van der Waals surface area contributed by atoms with Crippen LogP contribution in [0, 0.1) is 0 Å². The maximum atomic E-state index is 5.91. The third-order valence-corrected chi connectivity index (χ3v) is 4.21. The lowest BCUT2D eigenvalue weighted by molar-refractivity contribution is 0.284. The SMILES string of the molecule is CC(C)N(C)CCNc1snc(N)c1C1CC1. The number of nitrogen functional groups attached to an aromatic ring is 1. The Kier molecular flexibility index (Phi) is 3.89. The number of nitrogens with two attached hydrogens (primary N) is 1. The van der Waals surface area contributed by atoms with Crippen molar-refractivity contribution in [1.29, 1.82) is 0 Å². The highest BCUT2D eigenvalue weighted by atomic mass is 32.1. The van der Waals surface area contributed by atoms with Crippen molar-refractivity contribution in [2.24, 2.45) is 0 Å². The van der Waals surface area contributed by atoms with Crippen LogP contribution in [0.1, 0.15) is 38.2 Å². The molecule has 3 N–H and O–H groups in total. The molecule has 1 aliphatic rings. The number of nitrogens with zero attached hydrogens (tertiary/aromatic N) is 2. The fourth-order valence-corrected chi connectivity index (χ4v) is 2.63. The maximum absolute atomic E-state index is 5.91. The van der Waals surface area contributed by atoms with Gasteiger partial charge >= 0.3 is 0 Å². The van der Waals surface area contributed by atoms with Gasteiger partial charge in [0.25, 0.3) is 0 Å². The summed E-state index contributed by atoms with van der Waals surface area (Å²) in [6, 6.07) is 0.589. The van der Waals surface area contributed by atoms with Gasteiger partial charge in [-0.15, -0.1) is 0 Å². The average Bonchev–Trinajstić information content (AvgIpc) is 3.04. The van der Waals surface area contributed by atoms with Crippen molar-refractivity contribution in [2.45, 2.75) is 38.6 Å². The van der Waals surface area contributed by atoms with Gasteiger partial charge in [-0.1, -0.05) is 0 Å². The number of hydrogen-bond donors (Lipinski definition) is 2. The van der Waals surface area contributed by atoms with Gasteiger partial charge in [-0.2, -0.15) is 4.37 Å². The van der Waals surface area contributed by atoms with Crippen LogP contribution in [-0.2, 0) is 0 Å². The third-order valence-electron chi connectivity index (χ3n) is 3.37. The molecule has 4 nitrogen and oxygen atoms in total. The van der Waals surface area contributed by atoms with Crippen LogP contribution in [0.4, 0.5) is 10.8 Å². The second-order valence-electron chi connectivity index (χ2n) is 5.09. The molecule has 96 valence electrons. The van der Waals surface area contributed by atoms with Gasteiger partial charge in [0, 0.05) is 24.7 Å². The molecule has 2 rings (SSSR count). The largest absolute Gasteiger partial charge is 0.383 e. The smallest absolute Gasteiger partial charge is 0.142 e. The number of likely N-dealkylation sites (N-methyl/N-ethyl adjacent to an activating group) is 1. The van der Waals surface area contributed by atoms with Gasteiger partial charge in [-0.3, -0.25) is 0 Å². The minimum atomic E-state index is 0.589. The summed E-state index contributed by atoms with van der Waals surface area (Å²) in [6.07, 6.45) is 2.53. The van der Waals surface area contributed by atoms with Gasteiger partial charge in [0.15, 0.2) is 0 Å². The van der Waals surface area contributed by atoms with Gasteiger partial charge in [0.05, 0.1) is 0 Å². The number of anilines is 2. The summed E-state index contributed by atoms with van der Waals surface area (Å²) in [4.78, 5) is 2.33. The molecular weight excluding hydrogens is 232 g/mol. The third kappa shape index (κ3) is 3.10. The fraction of sp³-hybridized carbons (Fsp3) is 0.750. The van der Waals surface area contributed by atoms with Gasteiger partial charge in [-0.05, 0) is 51.2 Å². The molecule has 1 heterocycles. The summed E-state index contributed by atoms with van der Waals surface area (Å²) < 4.78 is 4.25. The Bertz CT molecular complexity index is 371. The van der Waals surface area contributed by atoms with E-state index in [4.69, 9.17) is 5.73 Å². The Hall–Kier alpha value is -0.810. The van der Waals surface area contributed by atoms with E-state index in [9.17, 15) is 0 Å². The van der Waals surface area contributed by atoms with Crippen molar-refractivity contribution in [1.82, 2.24) is 9.27 Å². The molecular formula is C12H22N4S. The minimum absolute atomic E-state index is 0.589. The summed E-state index contributed by atoms with van der Waals surface area (Å²) in [5.74, 6) is 1.40. The van der Waals surface area contributed by atoms with Crippen LogP contribution in [0.3, 0.4) is 0 Å². The molecule has 0 aromatic carbocycles. The summed E-state index contributed by atoms with van der Waals surface area (Å²) in [5.41, 5.74) is 7.18. The molecule has 1 aliphatic carbocycles. The highest BCUT2D eigenvalue weighted by molar-refractivity contribution is 7.10. The van der Waals surface area contributed by atoms with Crippen molar-refractivity contribution in [3.8, 4) is 0 Å². The van der Waals surface area contributed by atoms with Crippen molar-refractivity contribution < 1.29 is 0 Å². The molecule has 0 radical (unpaired) electrons. The van der Waals surface area contributed by atoms with Crippen LogP contribution in [0.15, 0.2) is 0 Å². The molecule has 17 heavy (non-hydrogen) atoms. The normalized spacial score (nSPS) is 15.8. The Balaban J connectivity index is 1.86. The van der Waals surface area contributed by atoms with Crippen molar-refractivity contribution in [3.05, 3.63) is 5.56 Å². The highest BCUT2D eigenvalue weighted by Crippen LogP contribution is 2.47. The lowest BCUT2D eigenvalue weighted by Gasteiger charge is -2.21. The van der Waals surface area contributed by atoms with E-state index in [-0.39, 0.29) is 0 Å². The summed E-state index contributed by atoms with van der Waals surface area (Å²) in [6.45, 7) is 6.41. The number of nitrogens with one attached hydrogen (secondary N) is 1. The first-order valence-corrected chi connectivity index (χ1v) is 7.06. The second kappa shape index (κ2) is 5.23. The molecule has 0 amide bonds. The van der Waals surface area contributed by atoms with Crippen molar-refractivity contribution >= 4 is 22.4 Å². The lowest BCUT2D eigenvalue weighted by Crippen LogP contribution is -2.31. The van der Waals surface area contributed by atoms with E-state index in [0.29, 0.717) is 12.0 Å². The average molecular weight is 254 g/mol. The van der Waals surface area contributed by atoms with E-state index in [0.717, 1.165) is 18.9 Å². The van der Waals surface area contributed by atoms with E-state index in [1.807, 2.05) is 0 Å². The maximum Gasteiger partial charge on any atom is 0.142 e. The minimum Gasteiger partial charge on any atom is -0.383 e. The molecule has 0 unspecified atom stereocenters. The zero-order valence-corrected chi connectivity index (χ0v) is 11.7. The molecule has 5 heteroatoms. The predicted molar refractivity (Wildman–Crippen MR) is 74.8 cm³/mol. The molecule has 1 saturated carbocycles. The number of hydrogen-bond acceptors (Lipinski definition) is 5.